The molecule has 1 N–H and O–H groups in total. The van der Waals surface area contributed by atoms with Crippen LogP contribution in [0.3, 0.4) is 0 Å². The van der Waals surface area contributed by atoms with E-state index in [4.69, 9.17) is 4.42 Å². The van der Waals surface area contributed by atoms with Crippen molar-refractivity contribution in [2.24, 2.45) is 0 Å². The predicted molar refractivity (Wildman–Crippen MR) is 123 cm³/mol. The van der Waals surface area contributed by atoms with Gasteiger partial charge in [-0.05, 0) is 48.2 Å². The number of aromatic hydroxyl groups is 1. The summed E-state index contributed by atoms with van der Waals surface area (Å²) in [6.07, 6.45) is 0. The molecule has 0 bridgehead atoms. The molecule has 0 radical (unpaired) electrons. The van der Waals surface area contributed by atoms with Gasteiger partial charge in [0.1, 0.15) is 11.3 Å². The molecule has 32 heavy (non-hydrogen) atoms. The fourth-order valence-corrected chi connectivity index (χ4v) is 5.51. The third kappa shape index (κ3) is 4.30. The quantitative estimate of drug-likeness (QED) is 0.592. The summed E-state index contributed by atoms with van der Waals surface area (Å²) in [4.78, 5) is 14.5. The minimum Gasteiger partial charge on any atom is -0.508 e. The Labute approximate surface area is 187 Å². The second-order valence-corrected chi connectivity index (χ2v) is 10.5. The van der Waals surface area contributed by atoms with Crippen LogP contribution >= 0.6 is 0 Å². The molecule has 1 aliphatic rings. The molecule has 0 saturated carbocycles. The van der Waals surface area contributed by atoms with Gasteiger partial charge in [0, 0.05) is 49.7 Å². The Morgan fingerprint density at radius 1 is 1.03 bits per heavy atom. The van der Waals surface area contributed by atoms with E-state index in [1.54, 1.807) is 31.2 Å². The molecule has 170 valence electrons. The number of nitrogens with zero attached hydrogens (tertiary/aromatic N) is 2. The Bertz CT molecular complexity index is 1290. The lowest BCUT2D eigenvalue weighted by Crippen LogP contribution is -2.48. The molecule has 7 nitrogen and oxygen atoms in total. The van der Waals surface area contributed by atoms with E-state index >= 15 is 0 Å². The highest BCUT2D eigenvalue weighted by Gasteiger charge is 2.29. The van der Waals surface area contributed by atoms with Crippen molar-refractivity contribution in [2.75, 3.05) is 26.2 Å². The van der Waals surface area contributed by atoms with Gasteiger partial charge in [0.05, 0.1) is 4.90 Å². The summed E-state index contributed by atoms with van der Waals surface area (Å²) in [5.41, 5.74) is 2.36. The highest BCUT2D eigenvalue weighted by molar-refractivity contribution is 7.89. The molecule has 1 saturated heterocycles. The second kappa shape index (κ2) is 8.69. The molecule has 0 aliphatic carbocycles. The number of benzene rings is 2. The van der Waals surface area contributed by atoms with E-state index in [2.05, 4.69) is 18.7 Å². The van der Waals surface area contributed by atoms with E-state index in [-0.39, 0.29) is 5.75 Å². The van der Waals surface area contributed by atoms with Crippen molar-refractivity contribution in [3.8, 4) is 5.75 Å². The zero-order valence-electron chi connectivity index (χ0n) is 18.5. The maximum Gasteiger partial charge on any atom is 0.336 e. The molecule has 3 aromatic rings. The highest BCUT2D eigenvalue weighted by Crippen LogP contribution is 2.28. The number of piperazine rings is 1. The van der Waals surface area contributed by atoms with Gasteiger partial charge < -0.3 is 9.52 Å². The van der Waals surface area contributed by atoms with Gasteiger partial charge in [-0.1, -0.05) is 26.0 Å². The minimum atomic E-state index is -3.54. The Morgan fingerprint density at radius 2 is 1.69 bits per heavy atom. The summed E-state index contributed by atoms with van der Waals surface area (Å²) in [5.74, 6) is 0.428. The van der Waals surface area contributed by atoms with Crippen LogP contribution in [0.2, 0.25) is 0 Å². The molecule has 8 heteroatoms. The van der Waals surface area contributed by atoms with Gasteiger partial charge >= 0.3 is 5.63 Å². The van der Waals surface area contributed by atoms with Crippen LogP contribution in [-0.2, 0) is 16.6 Å². The van der Waals surface area contributed by atoms with Crippen LogP contribution in [0.4, 0.5) is 0 Å². The molecule has 1 fully saturated rings. The number of aryl methyl sites for hydroxylation is 1. The van der Waals surface area contributed by atoms with Crippen LogP contribution in [0, 0.1) is 6.92 Å². The van der Waals surface area contributed by atoms with Gasteiger partial charge in [-0.25, -0.2) is 13.2 Å². The molecular formula is C24H28N2O5S. The first-order valence-corrected chi connectivity index (χ1v) is 12.2. The minimum absolute atomic E-state index is 0.0815. The SMILES string of the molecule is Cc1c(O)ccc2c(CN3CCN(S(=O)(=O)c4ccc(C(C)C)cc4)CC3)cc(=O)oc12. The lowest BCUT2D eigenvalue weighted by molar-refractivity contribution is 0.182. The van der Waals surface area contributed by atoms with Crippen molar-refractivity contribution in [2.45, 2.75) is 38.1 Å². The van der Waals surface area contributed by atoms with Crippen LogP contribution in [-0.4, -0.2) is 48.9 Å². The van der Waals surface area contributed by atoms with Crippen LogP contribution in [0.15, 0.2) is 56.6 Å². The second-order valence-electron chi connectivity index (χ2n) is 8.58. The Hall–Kier alpha value is -2.68. The molecule has 1 aromatic heterocycles. The molecule has 0 unspecified atom stereocenters. The number of sulfonamides is 1. The third-order valence-corrected chi connectivity index (χ3v) is 8.04. The maximum absolute atomic E-state index is 13.1. The summed E-state index contributed by atoms with van der Waals surface area (Å²) in [7, 11) is -3.54. The third-order valence-electron chi connectivity index (χ3n) is 6.13. The van der Waals surface area contributed by atoms with Gasteiger partial charge in [-0.3, -0.25) is 4.90 Å². The van der Waals surface area contributed by atoms with Gasteiger partial charge in [0.2, 0.25) is 10.0 Å². The fraction of sp³-hybridized carbons (Fsp3) is 0.375. The van der Waals surface area contributed by atoms with Crippen LogP contribution in [0.25, 0.3) is 11.0 Å². The molecule has 1 aliphatic heterocycles. The van der Waals surface area contributed by atoms with E-state index in [1.807, 2.05) is 12.1 Å². The Balaban J connectivity index is 1.49. The van der Waals surface area contributed by atoms with E-state index in [9.17, 15) is 18.3 Å². The number of phenolic OH excluding ortho intramolecular Hbond substituents is 1. The number of hydrogen-bond donors (Lipinski definition) is 1. The van der Waals surface area contributed by atoms with Crippen molar-refractivity contribution in [3.63, 3.8) is 0 Å². The molecule has 0 amide bonds. The van der Waals surface area contributed by atoms with Crippen molar-refractivity contribution < 1.29 is 17.9 Å². The first-order valence-electron chi connectivity index (χ1n) is 10.7. The van der Waals surface area contributed by atoms with E-state index < -0.39 is 15.6 Å². The zero-order chi connectivity index (χ0) is 23.0. The van der Waals surface area contributed by atoms with Gasteiger partial charge in [0.15, 0.2) is 0 Å². The first-order chi connectivity index (χ1) is 15.2. The summed E-state index contributed by atoms with van der Waals surface area (Å²) < 4.78 is 32.9. The lowest BCUT2D eigenvalue weighted by atomic mass is 10.0. The average Bonchev–Trinajstić information content (AvgIpc) is 2.77. The molecular weight excluding hydrogens is 428 g/mol. The average molecular weight is 457 g/mol. The maximum atomic E-state index is 13.1. The van der Waals surface area contributed by atoms with Crippen LogP contribution in [0.5, 0.6) is 5.75 Å². The number of phenols is 1. The van der Waals surface area contributed by atoms with Gasteiger partial charge in [-0.15, -0.1) is 0 Å². The van der Waals surface area contributed by atoms with Crippen molar-refractivity contribution in [1.82, 2.24) is 9.21 Å². The normalized spacial score (nSPS) is 16.1. The summed E-state index contributed by atoms with van der Waals surface area (Å²) >= 11 is 0. The molecule has 0 atom stereocenters. The lowest BCUT2D eigenvalue weighted by Gasteiger charge is -2.34. The van der Waals surface area contributed by atoms with Gasteiger partial charge in [-0.2, -0.15) is 4.31 Å². The molecule has 2 heterocycles. The predicted octanol–water partition coefficient (Wildman–Crippen LogP) is 3.44. The first kappa shape index (κ1) is 22.5. The monoisotopic (exact) mass is 456 g/mol. The van der Waals surface area contributed by atoms with E-state index in [1.165, 1.54) is 10.4 Å². The van der Waals surface area contributed by atoms with E-state index in [0.717, 1.165) is 16.5 Å². The van der Waals surface area contributed by atoms with Gasteiger partial charge in [0.25, 0.3) is 0 Å². The van der Waals surface area contributed by atoms with E-state index in [0.29, 0.717) is 54.7 Å². The largest absolute Gasteiger partial charge is 0.508 e. The van der Waals surface area contributed by atoms with Crippen molar-refractivity contribution >= 4 is 21.0 Å². The topological polar surface area (TPSA) is 91.1 Å². The highest BCUT2D eigenvalue weighted by atomic mass is 32.2. The van der Waals surface area contributed by atoms with Crippen molar-refractivity contribution in [1.29, 1.82) is 0 Å². The Morgan fingerprint density at radius 3 is 2.31 bits per heavy atom. The summed E-state index contributed by atoms with van der Waals surface area (Å²) in [6, 6.07) is 11.9. The summed E-state index contributed by atoms with van der Waals surface area (Å²) in [5, 5.41) is 10.7. The number of hydrogen-bond acceptors (Lipinski definition) is 6. The molecule has 0 spiro atoms. The number of fused-ring (bicyclic) bond motifs is 1. The summed E-state index contributed by atoms with van der Waals surface area (Å²) in [6.45, 7) is 8.25. The smallest absolute Gasteiger partial charge is 0.336 e. The molecule has 4 rings (SSSR count). The zero-order valence-corrected chi connectivity index (χ0v) is 19.4. The fourth-order valence-electron chi connectivity index (χ4n) is 4.09. The van der Waals surface area contributed by atoms with Crippen LogP contribution in [0.1, 0.15) is 36.5 Å². The molecule has 2 aromatic carbocycles. The number of rotatable bonds is 5. The van der Waals surface area contributed by atoms with Crippen molar-refractivity contribution in [3.05, 3.63) is 69.6 Å². The van der Waals surface area contributed by atoms with Crippen LogP contribution < -0.4 is 5.63 Å². The standard InChI is InChI=1S/C24H28N2O5S/c1-16(2)18-4-6-20(7-5-18)32(29,30)26-12-10-25(11-13-26)15-19-14-23(28)31-24-17(3)22(27)9-8-21(19)24/h4-9,14,16,27H,10-13,15H2,1-3H3. The Kier molecular flexibility index (Phi) is 6.11.